The first-order chi connectivity index (χ1) is 15.5. The molecule has 4 aromatic rings. The molecule has 4 rings (SSSR count). The van der Waals surface area contributed by atoms with Crippen LogP contribution in [-0.4, -0.2) is 4.98 Å². The molecule has 32 heavy (non-hydrogen) atoms. The number of aromatic amines is 1. The number of H-pyrrole nitrogens is 1. The van der Waals surface area contributed by atoms with E-state index < -0.39 is 0 Å². The summed E-state index contributed by atoms with van der Waals surface area (Å²) in [6, 6.07) is 22.1. The maximum absolute atomic E-state index is 6.01. The number of anilines is 3. The SMILES string of the molecule is C=C(CC)c1ccc2[nH]c(=C)/c(=C\Nc3ccc(C(=C)Nc4ccccc4N)cc3)c2c1. The van der Waals surface area contributed by atoms with Crippen LogP contribution in [0, 0.1) is 0 Å². The van der Waals surface area contributed by atoms with Gasteiger partial charge in [0, 0.05) is 39.1 Å². The lowest BCUT2D eigenvalue weighted by Crippen LogP contribution is -2.22. The number of benzene rings is 3. The summed E-state index contributed by atoms with van der Waals surface area (Å²) < 4.78 is 0. The summed E-state index contributed by atoms with van der Waals surface area (Å²) in [5.41, 5.74) is 13.7. The van der Waals surface area contributed by atoms with E-state index in [9.17, 15) is 0 Å². The summed E-state index contributed by atoms with van der Waals surface area (Å²) in [6.45, 7) is 14.6. The third-order valence-corrected chi connectivity index (χ3v) is 5.62. The molecule has 0 aliphatic heterocycles. The van der Waals surface area contributed by atoms with Gasteiger partial charge in [-0.1, -0.05) is 57.0 Å². The van der Waals surface area contributed by atoms with Crippen molar-refractivity contribution in [1.82, 2.24) is 4.98 Å². The molecule has 1 aromatic heterocycles. The van der Waals surface area contributed by atoms with Crippen LogP contribution in [0.25, 0.3) is 35.0 Å². The van der Waals surface area contributed by atoms with Crippen LogP contribution in [0.5, 0.6) is 0 Å². The maximum Gasteiger partial charge on any atom is 0.0617 e. The average molecular weight is 421 g/mol. The van der Waals surface area contributed by atoms with Gasteiger partial charge in [0.25, 0.3) is 0 Å². The molecule has 160 valence electrons. The molecule has 0 atom stereocenters. The van der Waals surface area contributed by atoms with Crippen molar-refractivity contribution in [3.8, 4) is 0 Å². The molecule has 0 aliphatic rings. The summed E-state index contributed by atoms with van der Waals surface area (Å²) in [7, 11) is 0. The number of fused-ring (bicyclic) bond motifs is 1. The summed E-state index contributed by atoms with van der Waals surface area (Å²) in [6.07, 6.45) is 2.92. The van der Waals surface area contributed by atoms with Gasteiger partial charge >= 0.3 is 0 Å². The van der Waals surface area contributed by atoms with E-state index >= 15 is 0 Å². The Morgan fingerprint density at radius 1 is 1.00 bits per heavy atom. The van der Waals surface area contributed by atoms with Gasteiger partial charge in [-0.15, -0.1) is 0 Å². The topological polar surface area (TPSA) is 65.9 Å². The van der Waals surface area contributed by atoms with E-state index in [4.69, 9.17) is 5.73 Å². The number of aromatic nitrogens is 1. The van der Waals surface area contributed by atoms with Crippen LogP contribution in [0.2, 0.25) is 0 Å². The number of nitrogens with two attached hydrogens (primary N) is 1. The van der Waals surface area contributed by atoms with Crippen molar-refractivity contribution in [3.63, 3.8) is 0 Å². The molecule has 0 unspecified atom stereocenters. The molecular weight excluding hydrogens is 392 g/mol. The Bertz CT molecular complexity index is 1410. The van der Waals surface area contributed by atoms with Crippen LogP contribution in [-0.2, 0) is 0 Å². The maximum atomic E-state index is 6.01. The zero-order valence-corrected chi connectivity index (χ0v) is 18.3. The predicted octanol–water partition coefficient (Wildman–Crippen LogP) is 5.52. The Kier molecular flexibility index (Phi) is 5.86. The molecule has 0 bridgehead atoms. The molecule has 0 amide bonds. The molecule has 4 nitrogen and oxygen atoms in total. The van der Waals surface area contributed by atoms with E-state index in [1.165, 1.54) is 0 Å². The van der Waals surface area contributed by atoms with Crippen molar-refractivity contribution >= 4 is 52.0 Å². The normalized spacial score (nSPS) is 11.5. The highest BCUT2D eigenvalue weighted by Crippen LogP contribution is 2.23. The van der Waals surface area contributed by atoms with Gasteiger partial charge in [-0.2, -0.15) is 0 Å². The first-order valence-electron chi connectivity index (χ1n) is 10.6. The van der Waals surface area contributed by atoms with Crippen LogP contribution in [0.1, 0.15) is 24.5 Å². The standard InChI is InChI=1S/C28H28N4/c1-5-18(2)22-12-15-27-24(16-22)25(20(4)32-27)17-30-23-13-10-21(11-14-23)19(3)31-28-9-7-6-8-26(28)29/h6-17,30-32H,2-5,29H2,1H3/b25-17+. The van der Waals surface area contributed by atoms with Gasteiger partial charge in [-0.05, 0) is 59.5 Å². The lowest BCUT2D eigenvalue weighted by Gasteiger charge is -2.12. The number of para-hydroxylation sites is 2. The minimum absolute atomic E-state index is 0.690. The molecule has 0 saturated heterocycles. The highest BCUT2D eigenvalue weighted by atomic mass is 14.9. The largest absolute Gasteiger partial charge is 0.397 e. The molecule has 1 heterocycles. The van der Waals surface area contributed by atoms with E-state index in [0.29, 0.717) is 5.69 Å². The molecule has 5 N–H and O–H groups in total. The fourth-order valence-electron chi connectivity index (χ4n) is 3.63. The quantitative estimate of drug-likeness (QED) is 0.298. The van der Waals surface area contributed by atoms with Crippen LogP contribution >= 0.6 is 0 Å². The zero-order valence-electron chi connectivity index (χ0n) is 18.3. The summed E-state index contributed by atoms with van der Waals surface area (Å²) in [4.78, 5) is 3.36. The molecule has 0 saturated carbocycles. The van der Waals surface area contributed by atoms with Gasteiger partial charge in [0.15, 0.2) is 0 Å². The zero-order chi connectivity index (χ0) is 22.7. The van der Waals surface area contributed by atoms with Crippen molar-refractivity contribution in [1.29, 1.82) is 0 Å². The third kappa shape index (κ3) is 4.30. The second kappa shape index (κ2) is 8.90. The highest BCUT2D eigenvalue weighted by molar-refractivity contribution is 5.86. The molecule has 0 radical (unpaired) electrons. The molecular formula is C28H28N4. The van der Waals surface area contributed by atoms with Gasteiger partial charge in [0.05, 0.1) is 11.4 Å². The number of nitrogen functional groups attached to an aromatic ring is 1. The number of rotatable bonds is 7. The second-order valence-electron chi connectivity index (χ2n) is 7.79. The average Bonchev–Trinajstić information content (AvgIpc) is 3.13. The first-order valence-corrected chi connectivity index (χ1v) is 10.6. The van der Waals surface area contributed by atoms with E-state index in [1.54, 1.807) is 0 Å². The Hall–Kier alpha value is -4.18. The van der Waals surface area contributed by atoms with Crippen molar-refractivity contribution < 1.29 is 0 Å². The van der Waals surface area contributed by atoms with Gasteiger partial charge in [0.2, 0.25) is 0 Å². The van der Waals surface area contributed by atoms with Crippen LogP contribution in [0.3, 0.4) is 0 Å². The van der Waals surface area contributed by atoms with Crippen molar-refractivity contribution in [2.24, 2.45) is 0 Å². The molecule has 3 aromatic carbocycles. The number of allylic oxidation sites excluding steroid dienone is 1. The first kappa shape index (κ1) is 21.1. The monoisotopic (exact) mass is 420 g/mol. The van der Waals surface area contributed by atoms with Gasteiger partial charge < -0.3 is 21.4 Å². The molecule has 0 aliphatic carbocycles. The van der Waals surface area contributed by atoms with Gasteiger partial charge in [0.1, 0.15) is 0 Å². The van der Waals surface area contributed by atoms with E-state index in [2.05, 4.69) is 60.5 Å². The fourth-order valence-corrected chi connectivity index (χ4v) is 3.63. The number of hydrogen-bond donors (Lipinski definition) is 4. The summed E-state index contributed by atoms with van der Waals surface area (Å²) in [5.74, 6) is 0. The fraction of sp³-hybridized carbons (Fsp3) is 0.0714. The van der Waals surface area contributed by atoms with Gasteiger partial charge in [-0.3, -0.25) is 0 Å². The molecule has 4 heteroatoms. The Morgan fingerprint density at radius 2 is 1.72 bits per heavy atom. The van der Waals surface area contributed by atoms with Crippen LogP contribution in [0.15, 0.2) is 79.9 Å². The van der Waals surface area contributed by atoms with E-state index in [0.717, 1.165) is 61.7 Å². The Labute approximate surface area is 188 Å². The molecule has 0 spiro atoms. The van der Waals surface area contributed by atoms with Crippen molar-refractivity contribution in [3.05, 3.63) is 102 Å². The van der Waals surface area contributed by atoms with Gasteiger partial charge in [-0.25, -0.2) is 0 Å². The lowest BCUT2D eigenvalue weighted by molar-refractivity contribution is 1.25. The van der Waals surface area contributed by atoms with Crippen LogP contribution < -0.4 is 26.9 Å². The predicted molar refractivity (Wildman–Crippen MR) is 140 cm³/mol. The van der Waals surface area contributed by atoms with Crippen molar-refractivity contribution in [2.45, 2.75) is 13.3 Å². The minimum Gasteiger partial charge on any atom is -0.397 e. The second-order valence-corrected chi connectivity index (χ2v) is 7.79. The number of hydrogen-bond acceptors (Lipinski definition) is 3. The van der Waals surface area contributed by atoms with E-state index in [1.807, 2.05) is 54.7 Å². The summed E-state index contributed by atoms with van der Waals surface area (Å²) >= 11 is 0. The Balaban J connectivity index is 1.55. The molecule has 0 fully saturated rings. The highest BCUT2D eigenvalue weighted by Gasteiger charge is 2.05. The third-order valence-electron chi connectivity index (χ3n) is 5.62. The summed E-state index contributed by atoms with van der Waals surface area (Å²) in [5, 5.41) is 9.72. The van der Waals surface area contributed by atoms with Crippen LogP contribution in [0.4, 0.5) is 17.1 Å². The minimum atomic E-state index is 0.690. The van der Waals surface area contributed by atoms with Crippen molar-refractivity contribution in [2.75, 3.05) is 16.4 Å². The lowest BCUT2D eigenvalue weighted by atomic mass is 10.0. The number of nitrogens with one attached hydrogen (secondary N) is 3. The Morgan fingerprint density at radius 3 is 2.44 bits per heavy atom. The van der Waals surface area contributed by atoms with E-state index in [-0.39, 0.29) is 0 Å². The smallest absolute Gasteiger partial charge is 0.0617 e.